The molecule has 0 aliphatic carbocycles. The van der Waals surface area contributed by atoms with Gasteiger partial charge in [0, 0.05) is 31.8 Å². The summed E-state index contributed by atoms with van der Waals surface area (Å²) in [5.74, 6) is 0.674. The minimum absolute atomic E-state index is 0.0349. The Labute approximate surface area is 100 Å². The molecule has 1 aromatic rings. The van der Waals surface area contributed by atoms with E-state index in [4.69, 9.17) is 10.5 Å². The largest absolute Gasteiger partial charge is 0.384 e. The predicted octanol–water partition coefficient (Wildman–Crippen LogP) is 0.409. The topological polar surface area (TPSA) is 84.2 Å². The highest BCUT2D eigenvalue weighted by molar-refractivity contribution is 5.99. The first kappa shape index (κ1) is 11.9. The third-order valence-corrected chi connectivity index (χ3v) is 3.16. The molecule has 0 saturated carbocycles. The Bertz CT molecular complexity index is 396. The molecule has 2 rings (SSSR count). The molecule has 1 aromatic heterocycles. The summed E-state index contributed by atoms with van der Waals surface area (Å²) in [6.07, 6.45) is 0.983. The number of aryl methyl sites for hydroxylation is 1. The number of nitrogens with zero attached hydrogens (tertiary/aromatic N) is 2. The van der Waals surface area contributed by atoms with Crippen LogP contribution >= 0.6 is 0 Å². The van der Waals surface area contributed by atoms with Gasteiger partial charge >= 0.3 is 0 Å². The van der Waals surface area contributed by atoms with Crippen LogP contribution in [0.1, 0.15) is 22.5 Å². The number of nitrogens with two attached hydrogens (primary N) is 1. The summed E-state index contributed by atoms with van der Waals surface area (Å²) in [7, 11) is 1.68. The molecule has 0 bridgehead atoms. The minimum atomic E-state index is -0.0349. The summed E-state index contributed by atoms with van der Waals surface area (Å²) in [4.78, 5) is 14.1. The fourth-order valence-corrected chi connectivity index (χ4v) is 2.26. The molecule has 1 saturated heterocycles. The number of aromatic amines is 1. The van der Waals surface area contributed by atoms with Crippen LogP contribution in [0.2, 0.25) is 0 Å². The molecule has 6 heteroatoms. The molecule has 3 N–H and O–H groups in total. The van der Waals surface area contributed by atoms with Crippen LogP contribution in [0.3, 0.4) is 0 Å². The van der Waals surface area contributed by atoms with E-state index in [0.717, 1.165) is 25.2 Å². The Morgan fingerprint density at radius 1 is 1.71 bits per heavy atom. The number of nitrogens with one attached hydrogen (secondary N) is 1. The van der Waals surface area contributed by atoms with Gasteiger partial charge in [-0.1, -0.05) is 0 Å². The average molecular weight is 238 g/mol. The van der Waals surface area contributed by atoms with E-state index in [1.165, 1.54) is 0 Å². The van der Waals surface area contributed by atoms with Crippen molar-refractivity contribution in [2.24, 2.45) is 5.92 Å². The number of rotatable bonds is 3. The number of hydrogen-bond donors (Lipinski definition) is 2. The standard InChI is InChI=1S/C11H18N4O2/c1-7-9(10(12)14-13-7)11(16)15-4-3-8(5-15)6-17-2/h8H,3-6H2,1-2H3,(H3,12,13,14). The molecule has 0 radical (unpaired) electrons. The second kappa shape index (κ2) is 4.75. The van der Waals surface area contributed by atoms with E-state index in [1.807, 2.05) is 4.90 Å². The van der Waals surface area contributed by atoms with Crippen molar-refractivity contribution in [1.82, 2.24) is 15.1 Å². The number of carbonyl (C=O) groups excluding carboxylic acids is 1. The van der Waals surface area contributed by atoms with Gasteiger partial charge in [0.2, 0.25) is 0 Å². The Balaban J connectivity index is 2.07. The molecule has 1 fully saturated rings. The van der Waals surface area contributed by atoms with Crippen LogP contribution in [0.25, 0.3) is 0 Å². The lowest BCUT2D eigenvalue weighted by molar-refractivity contribution is 0.0776. The summed E-state index contributed by atoms with van der Waals surface area (Å²) in [5, 5.41) is 6.58. The first-order valence-corrected chi connectivity index (χ1v) is 5.72. The molecule has 1 unspecified atom stereocenters. The molecule has 1 atom stereocenters. The zero-order valence-electron chi connectivity index (χ0n) is 10.2. The molecule has 94 valence electrons. The molecule has 1 aliphatic rings. The molecular formula is C11H18N4O2. The number of nitrogen functional groups attached to an aromatic ring is 1. The first-order chi connectivity index (χ1) is 8.13. The minimum Gasteiger partial charge on any atom is -0.384 e. The van der Waals surface area contributed by atoms with Gasteiger partial charge in [-0.05, 0) is 13.3 Å². The van der Waals surface area contributed by atoms with Gasteiger partial charge < -0.3 is 15.4 Å². The predicted molar refractivity (Wildman–Crippen MR) is 63.6 cm³/mol. The fourth-order valence-electron chi connectivity index (χ4n) is 2.26. The summed E-state index contributed by atoms with van der Waals surface area (Å²) >= 11 is 0. The number of ether oxygens (including phenoxy) is 1. The Morgan fingerprint density at radius 2 is 2.47 bits per heavy atom. The van der Waals surface area contributed by atoms with Gasteiger partial charge in [0.15, 0.2) is 5.82 Å². The molecular weight excluding hydrogens is 220 g/mol. The van der Waals surface area contributed by atoms with Crippen molar-refractivity contribution in [3.63, 3.8) is 0 Å². The maximum absolute atomic E-state index is 12.2. The lowest BCUT2D eigenvalue weighted by Gasteiger charge is -2.16. The van der Waals surface area contributed by atoms with Crippen LogP contribution < -0.4 is 5.73 Å². The third-order valence-electron chi connectivity index (χ3n) is 3.16. The van der Waals surface area contributed by atoms with Crippen molar-refractivity contribution in [3.05, 3.63) is 11.3 Å². The molecule has 1 amide bonds. The molecule has 0 spiro atoms. The zero-order chi connectivity index (χ0) is 12.4. The highest BCUT2D eigenvalue weighted by atomic mass is 16.5. The Hall–Kier alpha value is -1.56. The lowest BCUT2D eigenvalue weighted by atomic mass is 10.1. The van der Waals surface area contributed by atoms with E-state index in [2.05, 4.69) is 10.2 Å². The van der Waals surface area contributed by atoms with Gasteiger partial charge in [-0.15, -0.1) is 0 Å². The monoisotopic (exact) mass is 238 g/mol. The number of likely N-dealkylation sites (tertiary alicyclic amines) is 1. The van der Waals surface area contributed by atoms with E-state index in [0.29, 0.717) is 18.1 Å². The van der Waals surface area contributed by atoms with Crippen LogP contribution in [0.15, 0.2) is 0 Å². The maximum atomic E-state index is 12.2. The summed E-state index contributed by atoms with van der Waals surface area (Å²) in [6, 6.07) is 0. The normalized spacial score (nSPS) is 19.9. The molecule has 17 heavy (non-hydrogen) atoms. The van der Waals surface area contributed by atoms with Crippen molar-refractivity contribution < 1.29 is 9.53 Å². The maximum Gasteiger partial charge on any atom is 0.259 e. The number of carbonyl (C=O) groups is 1. The van der Waals surface area contributed by atoms with Gasteiger partial charge in [-0.25, -0.2) is 0 Å². The molecule has 6 nitrogen and oxygen atoms in total. The number of hydrogen-bond acceptors (Lipinski definition) is 4. The fraction of sp³-hybridized carbons (Fsp3) is 0.636. The Kier molecular flexibility index (Phi) is 3.33. The molecule has 1 aliphatic heterocycles. The smallest absolute Gasteiger partial charge is 0.259 e. The second-order valence-electron chi connectivity index (χ2n) is 4.47. The van der Waals surface area contributed by atoms with Crippen molar-refractivity contribution in [3.8, 4) is 0 Å². The Morgan fingerprint density at radius 3 is 3.06 bits per heavy atom. The average Bonchev–Trinajstić information content (AvgIpc) is 2.87. The number of aromatic nitrogens is 2. The van der Waals surface area contributed by atoms with Gasteiger partial charge in [-0.2, -0.15) is 5.10 Å². The lowest BCUT2D eigenvalue weighted by Crippen LogP contribution is -2.30. The van der Waals surface area contributed by atoms with Crippen molar-refractivity contribution in [1.29, 1.82) is 0 Å². The highest BCUT2D eigenvalue weighted by Crippen LogP contribution is 2.22. The van der Waals surface area contributed by atoms with Gasteiger partial charge in [0.25, 0.3) is 5.91 Å². The molecule has 2 heterocycles. The first-order valence-electron chi connectivity index (χ1n) is 5.72. The van der Waals surface area contributed by atoms with Crippen molar-refractivity contribution >= 4 is 11.7 Å². The summed E-state index contributed by atoms with van der Waals surface area (Å²) < 4.78 is 5.11. The second-order valence-corrected chi connectivity index (χ2v) is 4.47. The number of amides is 1. The SMILES string of the molecule is COCC1CCN(C(=O)c2c(N)n[nH]c2C)C1. The van der Waals surface area contributed by atoms with Crippen LogP contribution in [-0.4, -0.2) is 47.8 Å². The quantitative estimate of drug-likeness (QED) is 0.798. The van der Waals surface area contributed by atoms with Crippen molar-refractivity contribution in [2.45, 2.75) is 13.3 Å². The van der Waals surface area contributed by atoms with Crippen LogP contribution in [0, 0.1) is 12.8 Å². The van der Waals surface area contributed by atoms with E-state index >= 15 is 0 Å². The number of H-pyrrole nitrogens is 1. The van der Waals surface area contributed by atoms with Crippen LogP contribution in [0.4, 0.5) is 5.82 Å². The zero-order valence-corrected chi connectivity index (χ0v) is 10.2. The van der Waals surface area contributed by atoms with Gasteiger partial charge in [0.1, 0.15) is 5.56 Å². The number of methoxy groups -OCH3 is 1. The summed E-state index contributed by atoms with van der Waals surface area (Å²) in [6.45, 7) is 4.00. The summed E-state index contributed by atoms with van der Waals surface area (Å²) in [5.41, 5.74) is 6.92. The molecule has 0 aromatic carbocycles. The van der Waals surface area contributed by atoms with Crippen molar-refractivity contribution in [2.75, 3.05) is 32.5 Å². The van der Waals surface area contributed by atoms with E-state index < -0.39 is 0 Å². The van der Waals surface area contributed by atoms with Crippen LogP contribution in [0.5, 0.6) is 0 Å². The van der Waals surface area contributed by atoms with Crippen LogP contribution in [-0.2, 0) is 4.74 Å². The van der Waals surface area contributed by atoms with E-state index in [9.17, 15) is 4.79 Å². The number of anilines is 1. The third kappa shape index (κ3) is 2.26. The van der Waals surface area contributed by atoms with Gasteiger partial charge in [-0.3, -0.25) is 9.89 Å². The van der Waals surface area contributed by atoms with Gasteiger partial charge in [0.05, 0.1) is 6.61 Å². The highest BCUT2D eigenvalue weighted by Gasteiger charge is 2.29. The van der Waals surface area contributed by atoms with E-state index in [1.54, 1.807) is 14.0 Å². The van der Waals surface area contributed by atoms with E-state index in [-0.39, 0.29) is 11.7 Å².